The fourth-order valence-corrected chi connectivity index (χ4v) is 3.68. The molecule has 0 aromatic heterocycles. The normalized spacial score (nSPS) is 17.5. The number of nitrogens with one attached hydrogen (secondary N) is 2. The fourth-order valence-electron chi connectivity index (χ4n) is 2.73. The van der Waals surface area contributed by atoms with Crippen LogP contribution >= 0.6 is 0 Å². The summed E-state index contributed by atoms with van der Waals surface area (Å²) in [5.74, 6) is -2.93. The van der Waals surface area contributed by atoms with Gasteiger partial charge in [-0.05, 0) is 36.5 Å². The van der Waals surface area contributed by atoms with Gasteiger partial charge in [0, 0.05) is 33.2 Å². The first-order valence-electron chi connectivity index (χ1n) is 8.29. The molecule has 0 atom stereocenters. The van der Waals surface area contributed by atoms with Crippen LogP contribution in [0.4, 0.5) is 13.2 Å². The topological polar surface area (TPSA) is 73.8 Å². The van der Waals surface area contributed by atoms with E-state index >= 15 is 0 Å². The minimum absolute atomic E-state index is 0.0978. The van der Waals surface area contributed by atoms with Crippen molar-refractivity contribution in [3.8, 4) is 0 Å². The molecular weight excluding hydrogens is 369 g/mol. The predicted molar refractivity (Wildman–Crippen MR) is 93.8 cm³/mol. The number of piperidine rings is 1. The Hall–Kier alpha value is -1.81. The van der Waals surface area contributed by atoms with Gasteiger partial charge >= 0.3 is 5.76 Å². The van der Waals surface area contributed by atoms with Gasteiger partial charge in [0.05, 0.1) is 0 Å². The highest BCUT2D eigenvalue weighted by Gasteiger charge is 2.34. The first-order chi connectivity index (χ1) is 12.3. The first-order valence-corrected chi connectivity index (χ1v) is 9.79. The smallest absolute Gasteiger partial charge is 0.350 e. The van der Waals surface area contributed by atoms with Gasteiger partial charge in [-0.3, -0.25) is 4.99 Å². The summed E-state index contributed by atoms with van der Waals surface area (Å²) in [4.78, 5) is 4.10. The van der Waals surface area contributed by atoms with Crippen molar-refractivity contribution in [1.82, 2.24) is 14.9 Å². The molecule has 0 amide bonds. The molecule has 6 nitrogen and oxygen atoms in total. The Labute approximate surface area is 151 Å². The molecule has 0 saturated carbocycles. The van der Waals surface area contributed by atoms with Crippen LogP contribution in [0.2, 0.25) is 0 Å². The van der Waals surface area contributed by atoms with Crippen molar-refractivity contribution in [2.75, 3.05) is 26.7 Å². The zero-order valence-corrected chi connectivity index (χ0v) is 15.3. The summed E-state index contributed by atoms with van der Waals surface area (Å²) in [5.41, 5.74) is 0.903. The third kappa shape index (κ3) is 5.60. The largest absolute Gasteiger partial charge is 0.356 e. The minimum atomic E-state index is -4.48. The second kappa shape index (κ2) is 9.22. The molecule has 2 rings (SSSR count). The summed E-state index contributed by atoms with van der Waals surface area (Å²) in [6.07, 6.45) is 1.02. The van der Waals surface area contributed by atoms with E-state index in [0.717, 1.165) is 9.87 Å². The van der Waals surface area contributed by atoms with Gasteiger partial charge in [-0.25, -0.2) is 12.8 Å². The van der Waals surface area contributed by atoms with Crippen LogP contribution in [0.25, 0.3) is 0 Å². The van der Waals surface area contributed by atoms with Crippen LogP contribution < -0.4 is 10.6 Å². The third-order valence-electron chi connectivity index (χ3n) is 4.31. The molecule has 1 heterocycles. The number of nitrogens with zero attached hydrogens (tertiary/aromatic N) is 2. The molecule has 26 heavy (non-hydrogen) atoms. The van der Waals surface area contributed by atoms with E-state index in [9.17, 15) is 21.6 Å². The van der Waals surface area contributed by atoms with E-state index in [1.807, 2.05) is 0 Å². The van der Waals surface area contributed by atoms with E-state index in [-0.39, 0.29) is 24.8 Å². The van der Waals surface area contributed by atoms with E-state index < -0.39 is 15.8 Å². The summed E-state index contributed by atoms with van der Waals surface area (Å²) in [5, 5.41) is 6.25. The van der Waals surface area contributed by atoms with Crippen LogP contribution in [0.1, 0.15) is 18.4 Å². The molecule has 0 radical (unpaired) electrons. The first kappa shape index (κ1) is 20.5. The SMILES string of the molecule is CN=C(NCc1ccc(F)cc1)NCC1CCN(S(=O)(=O)C(F)F)CC1. The van der Waals surface area contributed by atoms with Crippen LogP contribution in [-0.2, 0) is 16.6 Å². The lowest BCUT2D eigenvalue weighted by molar-refractivity contribution is 0.204. The quantitative estimate of drug-likeness (QED) is 0.572. The molecule has 0 spiro atoms. The van der Waals surface area contributed by atoms with E-state index in [2.05, 4.69) is 15.6 Å². The number of alkyl halides is 2. The summed E-state index contributed by atoms with van der Waals surface area (Å²) in [6.45, 7) is 1.23. The number of guanidine groups is 1. The lowest BCUT2D eigenvalue weighted by atomic mass is 9.98. The van der Waals surface area contributed by atoms with Crippen molar-refractivity contribution in [1.29, 1.82) is 0 Å². The highest BCUT2D eigenvalue weighted by atomic mass is 32.2. The van der Waals surface area contributed by atoms with Crippen molar-refractivity contribution in [2.24, 2.45) is 10.9 Å². The third-order valence-corrected chi connectivity index (χ3v) is 5.85. The van der Waals surface area contributed by atoms with Crippen molar-refractivity contribution < 1.29 is 21.6 Å². The second-order valence-corrected chi connectivity index (χ2v) is 7.98. The highest BCUT2D eigenvalue weighted by Crippen LogP contribution is 2.22. The monoisotopic (exact) mass is 392 g/mol. The lowest BCUT2D eigenvalue weighted by Gasteiger charge is -2.31. The van der Waals surface area contributed by atoms with Crippen LogP contribution in [0.15, 0.2) is 29.3 Å². The molecule has 1 saturated heterocycles. The van der Waals surface area contributed by atoms with Crippen molar-refractivity contribution in [3.63, 3.8) is 0 Å². The van der Waals surface area contributed by atoms with E-state index in [1.54, 1.807) is 19.2 Å². The van der Waals surface area contributed by atoms with E-state index in [1.165, 1.54) is 12.1 Å². The number of halogens is 3. The summed E-state index contributed by atoms with van der Waals surface area (Å²) < 4.78 is 61.8. The van der Waals surface area contributed by atoms with E-state index in [0.29, 0.717) is 31.9 Å². The van der Waals surface area contributed by atoms with Crippen LogP contribution in [-0.4, -0.2) is 51.1 Å². The average molecular weight is 392 g/mol. The van der Waals surface area contributed by atoms with E-state index in [4.69, 9.17) is 0 Å². The van der Waals surface area contributed by atoms with Gasteiger partial charge in [-0.1, -0.05) is 12.1 Å². The number of rotatable bonds is 6. The molecule has 10 heteroatoms. The molecule has 1 aliphatic heterocycles. The summed E-state index contributed by atoms with van der Waals surface area (Å²) in [7, 11) is -2.86. The molecule has 2 N–H and O–H groups in total. The Kier molecular flexibility index (Phi) is 7.27. The van der Waals surface area contributed by atoms with Crippen molar-refractivity contribution in [2.45, 2.75) is 25.1 Å². The summed E-state index contributed by atoms with van der Waals surface area (Å²) in [6, 6.07) is 6.12. The standard InChI is InChI=1S/C16H23F3N4O2S/c1-20-16(21-10-12-2-4-14(17)5-3-12)22-11-13-6-8-23(9-7-13)26(24,25)15(18)19/h2-5,13,15H,6-11H2,1H3,(H2,20,21,22). The fraction of sp³-hybridized carbons (Fsp3) is 0.562. The molecule has 1 aromatic rings. The number of hydrogen-bond donors (Lipinski definition) is 2. The Bertz CT molecular complexity index is 703. The number of aliphatic imine (C=N–C) groups is 1. The van der Waals surface area contributed by atoms with Gasteiger partial charge < -0.3 is 10.6 Å². The molecule has 0 aliphatic carbocycles. The molecule has 1 aliphatic rings. The van der Waals surface area contributed by atoms with Gasteiger partial charge in [-0.2, -0.15) is 13.1 Å². The molecule has 0 bridgehead atoms. The Morgan fingerprint density at radius 3 is 2.38 bits per heavy atom. The van der Waals surface area contributed by atoms with Crippen molar-refractivity contribution in [3.05, 3.63) is 35.6 Å². The van der Waals surface area contributed by atoms with Gasteiger partial charge in [0.15, 0.2) is 5.96 Å². The molecule has 146 valence electrons. The maximum Gasteiger partial charge on any atom is 0.350 e. The van der Waals surface area contributed by atoms with Crippen LogP contribution in [0.3, 0.4) is 0 Å². The molecular formula is C16H23F3N4O2S. The Morgan fingerprint density at radius 1 is 1.23 bits per heavy atom. The Balaban J connectivity index is 1.75. The Morgan fingerprint density at radius 2 is 1.85 bits per heavy atom. The number of benzene rings is 1. The lowest BCUT2D eigenvalue weighted by Crippen LogP contribution is -2.45. The van der Waals surface area contributed by atoms with Crippen molar-refractivity contribution >= 4 is 16.0 Å². The highest BCUT2D eigenvalue weighted by molar-refractivity contribution is 7.89. The van der Waals surface area contributed by atoms with Crippen LogP contribution in [0.5, 0.6) is 0 Å². The minimum Gasteiger partial charge on any atom is -0.356 e. The summed E-state index contributed by atoms with van der Waals surface area (Å²) >= 11 is 0. The van der Waals surface area contributed by atoms with Gasteiger partial charge in [-0.15, -0.1) is 0 Å². The molecule has 1 aromatic carbocycles. The molecule has 0 unspecified atom stereocenters. The predicted octanol–water partition coefficient (Wildman–Crippen LogP) is 1.76. The van der Waals surface area contributed by atoms with Crippen LogP contribution in [0, 0.1) is 11.7 Å². The van der Waals surface area contributed by atoms with Gasteiger partial charge in [0.1, 0.15) is 5.82 Å². The maximum absolute atomic E-state index is 12.9. The average Bonchev–Trinajstić information content (AvgIpc) is 2.63. The number of sulfonamides is 1. The number of hydrogen-bond acceptors (Lipinski definition) is 3. The maximum atomic E-state index is 12.9. The van der Waals surface area contributed by atoms with Gasteiger partial charge in [0.25, 0.3) is 10.0 Å². The zero-order valence-electron chi connectivity index (χ0n) is 14.5. The zero-order chi connectivity index (χ0) is 19.2. The van der Waals surface area contributed by atoms with Gasteiger partial charge in [0.2, 0.25) is 0 Å². The molecule has 1 fully saturated rings. The second-order valence-electron chi connectivity index (χ2n) is 6.08.